The van der Waals surface area contributed by atoms with Crippen molar-refractivity contribution < 1.29 is 9.90 Å². The SMILES string of the molecule is C/C(=C\c1ccc(Cl)c(Cl)c1Cl)C(=O)O. The fourth-order valence-electron chi connectivity index (χ4n) is 0.947. The molecule has 0 aliphatic rings. The quantitative estimate of drug-likeness (QED) is 0.645. The molecule has 0 aromatic heterocycles. The van der Waals surface area contributed by atoms with Gasteiger partial charge in [-0.1, -0.05) is 40.9 Å². The Morgan fingerprint density at radius 3 is 2.40 bits per heavy atom. The smallest absolute Gasteiger partial charge is 0.331 e. The average molecular weight is 266 g/mol. The molecular formula is C10H7Cl3O2. The summed E-state index contributed by atoms with van der Waals surface area (Å²) in [6.07, 6.45) is 1.44. The molecule has 0 saturated heterocycles. The first-order valence-corrected chi connectivity index (χ1v) is 5.12. The third-order valence-electron chi connectivity index (χ3n) is 1.77. The molecule has 1 aromatic rings. The molecule has 0 radical (unpaired) electrons. The Bertz CT molecular complexity index is 439. The molecule has 15 heavy (non-hydrogen) atoms. The van der Waals surface area contributed by atoms with Gasteiger partial charge in [0.25, 0.3) is 0 Å². The lowest BCUT2D eigenvalue weighted by atomic mass is 10.1. The highest BCUT2D eigenvalue weighted by molar-refractivity contribution is 6.48. The Hall–Kier alpha value is -0.700. The summed E-state index contributed by atoms with van der Waals surface area (Å²) in [7, 11) is 0. The second-order valence-corrected chi connectivity index (χ2v) is 4.06. The van der Waals surface area contributed by atoms with E-state index in [1.807, 2.05) is 0 Å². The third kappa shape index (κ3) is 2.88. The van der Waals surface area contributed by atoms with Crippen LogP contribution in [0, 0.1) is 0 Å². The second kappa shape index (κ2) is 4.88. The molecule has 5 heteroatoms. The first kappa shape index (κ1) is 12.4. The molecule has 80 valence electrons. The number of benzene rings is 1. The summed E-state index contributed by atoms with van der Waals surface area (Å²) in [5.41, 5.74) is 0.709. The summed E-state index contributed by atoms with van der Waals surface area (Å²) < 4.78 is 0. The largest absolute Gasteiger partial charge is 0.478 e. The lowest BCUT2D eigenvalue weighted by Crippen LogP contribution is -1.95. The number of rotatable bonds is 2. The number of halogens is 3. The molecule has 1 N–H and O–H groups in total. The zero-order valence-corrected chi connectivity index (χ0v) is 9.99. The van der Waals surface area contributed by atoms with E-state index in [0.717, 1.165) is 0 Å². The second-order valence-electron chi connectivity index (χ2n) is 2.90. The van der Waals surface area contributed by atoms with Crippen LogP contribution in [0.1, 0.15) is 12.5 Å². The average Bonchev–Trinajstić information content (AvgIpc) is 2.18. The van der Waals surface area contributed by atoms with E-state index >= 15 is 0 Å². The van der Waals surface area contributed by atoms with Gasteiger partial charge in [-0.3, -0.25) is 0 Å². The van der Waals surface area contributed by atoms with Crippen molar-refractivity contribution in [2.24, 2.45) is 0 Å². The van der Waals surface area contributed by atoms with Crippen LogP contribution in [0.4, 0.5) is 0 Å². The highest BCUT2D eigenvalue weighted by Gasteiger charge is 2.08. The topological polar surface area (TPSA) is 37.3 Å². The summed E-state index contributed by atoms with van der Waals surface area (Å²) in [4.78, 5) is 10.6. The zero-order chi connectivity index (χ0) is 11.6. The van der Waals surface area contributed by atoms with E-state index in [1.165, 1.54) is 13.0 Å². The molecule has 0 fully saturated rings. The number of carboxylic acids is 1. The van der Waals surface area contributed by atoms with Gasteiger partial charge < -0.3 is 5.11 Å². The maximum atomic E-state index is 10.6. The zero-order valence-electron chi connectivity index (χ0n) is 7.72. The van der Waals surface area contributed by atoms with Crippen LogP contribution >= 0.6 is 34.8 Å². The Labute approximate surface area is 102 Å². The van der Waals surface area contributed by atoms with E-state index in [1.54, 1.807) is 12.1 Å². The standard InChI is InChI=1S/C10H7Cl3O2/c1-5(10(14)15)4-6-2-3-7(11)9(13)8(6)12/h2-4H,1H3,(H,14,15)/b5-4+. The van der Waals surface area contributed by atoms with Crippen molar-refractivity contribution in [3.8, 4) is 0 Å². The van der Waals surface area contributed by atoms with Crippen molar-refractivity contribution in [3.05, 3.63) is 38.3 Å². The Morgan fingerprint density at radius 1 is 1.27 bits per heavy atom. The predicted octanol–water partition coefficient (Wildman–Crippen LogP) is 4.13. The van der Waals surface area contributed by atoms with Crippen molar-refractivity contribution in [2.45, 2.75) is 6.92 Å². The van der Waals surface area contributed by atoms with Crippen molar-refractivity contribution in [3.63, 3.8) is 0 Å². The molecule has 0 spiro atoms. The predicted molar refractivity (Wildman–Crippen MR) is 62.8 cm³/mol. The monoisotopic (exact) mass is 264 g/mol. The minimum absolute atomic E-state index is 0.176. The highest BCUT2D eigenvalue weighted by Crippen LogP contribution is 2.33. The van der Waals surface area contributed by atoms with Crippen molar-refractivity contribution >= 4 is 46.8 Å². The fourth-order valence-corrected chi connectivity index (χ4v) is 1.54. The lowest BCUT2D eigenvalue weighted by molar-refractivity contribution is -0.132. The van der Waals surface area contributed by atoms with Crippen LogP contribution in [0.5, 0.6) is 0 Å². The van der Waals surface area contributed by atoms with Gasteiger partial charge in [0.2, 0.25) is 0 Å². The maximum absolute atomic E-state index is 10.6. The molecular weight excluding hydrogens is 258 g/mol. The van der Waals surface area contributed by atoms with Crippen molar-refractivity contribution in [1.29, 1.82) is 0 Å². The van der Waals surface area contributed by atoms with E-state index in [4.69, 9.17) is 39.9 Å². The van der Waals surface area contributed by atoms with Crippen LogP contribution < -0.4 is 0 Å². The molecule has 0 bridgehead atoms. The first-order valence-electron chi connectivity index (χ1n) is 3.98. The van der Waals surface area contributed by atoms with Crippen LogP contribution in [0.2, 0.25) is 15.1 Å². The molecule has 0 amide bonds. The van der Waals surface area contributed by atoms with Gasteiger partial charge >= 0.3 is 5.97 Å². The normalized spacial score (nSPS) is 11.6. The van der Waals surface area contributed by atoms with Crippen molar-refractivity contribution in [2.75, 3.05) is 0 Å². The van der Waals surface area contributed by atoms with Gasteiger partial charge in [-0.25, -0.2) is 4.79 Å². The van der Waals surface area contributed by atoms with E-state index in [9.17, 15) is 4.79 Å². The Morgan fingerprint density at radius 2 is 1.87 bits per heavy atom. The minimum Gasteiger partial charge on any atom is -0.478 e. The third-order valence-corrected chi connectivity index (χ3v) is 3.08. The van der Waals surface area contributed by atoms with Crippen LogP contribution in [0.15, 0.2) is 17.7 Å². The minimum atomic E-state index is -1.00. The number of carboxylic acid groups (broad SMARTS) is 1. The summed E-state index contributed by atoms with van der Waals surface area (Å²) in [6.45, 7) is 1.47. The van der Waals surface area contributed by atoms with Crippen LogP contribution in [-0.2, 0) is 4.79 Å². The molecule has 0 atom stereocenters. The van der Waals surface area contributed by atoms with Crippen LogP contribution in [0.25, 0.3) is 6.08 Å². The summed E-state index contributed by atoms with van der Waals surface area (Å²) in [5.74, 6) is -1.00. The van der Waals surface area contributed by atoms with E-state index in [2.05, 4.69) is 0 Å². The summed E-state index contributed by atoms with van der Waals surface area (Å²) in [6, 6.07) is 3.18. The molecule has 0 heterocycles. The van der Waals surface area contributed by atoms with Gasteiger partial charge in [0.1, 0.15) is 0 Å². The number of hydrogen-bond donors (Lipinski definition) is 1. The lowest BCUT2D eigenvalue weighted by Gasteiger charge is -2.03. The fraction of sp³-hybridized carbons (Fsp3) is 0.100. The molecule has 1 aromatic carbocycles. The maximum Gasteiger partial charge on any atom is 0.331 e. The van der Waals surface area contributed by atoms with Crippen molar-refractivity contribution in [1.82, 2.24) is 0 Å². The summed E-state index contributed by atoms with van der Waals surface area (Å²) >= 11 is 17.4. The first-order chi connectivity index (χ1) is 6.93. The van der Waals surface area contributed by atoms with Gasteiger partial charge in [-0.05, 0) is 24.6 Å². The number of carbonyl (C=O) groups is 1. The molecule has 0 saturated carbocycles. The molecule has 2 nitrogen and oxygen atoms in total. The molecule has 0 aliphatic carbocycles. The Balaban J connectivity index is 3.23. The van der Waals surface area contributed by atoms with Gasteiger partial charge in [0.15, 0.2) is 0 Å². The number of hydrogen-bond acceptors (Lipinski definition) is 1. The van der Waals surface area contributed by atoms with E-state index < -0.39 is 5.97 Å². The van der Waals surface area contributed by atoms with E-state index in [-0.39, 0.29) is 15.6 Å². The van der Waals surface area contributed by atoms with Crippen LogP contribution in [0.3, 0.4) is 0 Å². The summed E-state index contributed by atoms with van der Waals surface area (Å²) in [5, 5.41) is 9.51. The van der Waals surface area contributed by atoms with Gasteiger partial charge in [0.05, 0.1) is 15.1 Å². The van der Waals surface area contributed by atoms with Crippen LogP contribution in [-0.4, -0.2) is 11.1 Å². The van der Waals surface area contributed by atoms with Gasteiger partial charge in [0, 0.05) is 5.57 Å². The number of aliphatic carboxylic acids is 1. The highest BCUT2D eigenvalue weighted by atomic mass is 35.5. The van der Waals surface area contributed by atoms with Gasteiger partial charge in [-0.15, -0.1) is 0 Å². The molecule has 1 rings (SSSR count). The molecule has 0 aliphatic heterocycles. The Kier molecular flexibility index (Phi) is 4.03. The van der Waals surface area contributed by atoms with E-state index in [0.29, 0.717) is 10.6 Å². The van der Waals surface area contributed by atoms with Gasteiger partial charge in [-0.2, -0.15) is 0 Å². The molecule has 0 unspecified atom stereocenters.